The first-order chi connectivity index (χ1) is 8.47. The van der Waals surface area contributed by atoms with Crippen LogP contribution in [0.3, 0.4) is 0 Å². The Bertz CT molecular complexity index is 553. The Morgan fingerprint density at radius 1 is 1.39 bits per heavy atom. The third-order valence-electron chi connectivity index (χ3n) is 2.87. The quantitative estimate of drug-likeness (QED) is 0.347. The van der Waals surface area contributed by atoms with E-state index in [4.69, 9.17) is 21.1 Å². The van der Waals surface area contributed by atoms with Crippen LogP contribution in [0.15, 0.2) is 17.2 Å². The van der Waals surface area contributed by atoms with E-state index in [1.807, 2.05) is 0 Å². The number of aliphatic hydroxyl groups excluding tert-OH is 3. The summed E-state index contributed by atoms with van der Waals surface area (Å²) in [6.45, 7) is -0.485. The summed E-state index contributed by atoms with van der Waals surface area (Å²) in [6, 6.07) is 0. The number of nitrogens with two attached hydrogens (primary N) is 1. The van der Waals surface area contributed by atoms with Gasteiger partial charge in [0.05, 0.1) is 6.61 Å². The van der Waals surface area contributed by atoms with Gasteiger partial charge >= 0.3 is 0 Å². The fraction of sp³-hybridized carbons (Fsp3) is 0.556. The lowest BCUT2D eigenvalue weighted by molar-refractivity contribution is -0.0548. The van der Waals surface area contributed by atoms with Crippen LogP contribution in [0.25, 0.3) is 0 Å². The molecule has 9 nitrogen and oxygen atoms in total. The number of ether oxygens (including phenoxy) is 1. The predicted molar refractivity (Wildman–Crippen MR) is 57.7 cm³/mol. The lowest BCUT2D eigenvalue weighted by Gasteiger charge is -2.17. The third-order valence-corrected chi connectivity index (χ3v) is 2.87. The molecular formula is C9H14N4O5. The number of aromatic nitrogens is 2. The number of nitrogens with one attached hydrogen (secondary N) is 1. The van der Waals surface area contributed by atoms with Crippen LogP contribution in [0.1, 0.15) is 6.23 Å². The standard InChI is InChI=1S/C9H14N4O5/c10-7-8(17)12(1-2-13(7)11)9-6(16)5(15)4(3-14)18-9/h1-2,4-6,9-10,14-16H,3,11H2/t4-,5-,6-,9-/m1/s1. The molecule has 0 radical (unpaired) electrons. The molecule has 9 heteroatoms. The van der Waals surface area contributed by atoms with E-state index in [0.29, 0.717) is 0 Å². The zero-order valence-electron chi connectivity index (χ0n) is 9.30. The number of hydrogen-bond acceptors (Lipinski definition) is 7. The average molecular weight is 258 g/mol. The van der Waals surface area contributed by atoms with Crippen molar-refractivity contribution in [3.63, 3.8) is 0 Å². The fourth-order valence-corrected chi connectivity index (χ4v) is 1.83. The Labute approximate surface area is 101 Å². The molecule has 1 saturated heterocycles. The maximum Gasteiger partial charge on any atom is 0.297 e. The molecule has 1 aliphatic heterocycles. The van der Waals surface area contributed by atoms with Crippen LogP contribution in [0.2, 0.25) is 0 Å². The van der Waals surface area contributed by atoms with Gasteiger partial charge < -0.3 is 25.9 Å². The van der Waals surface area contributed by atoms with Crippen molar-refractivity contribution in [2.75, 3.05) is 12.4 Å². The first-order valence-electron chi connectivity index (χ1n) is 5.23. The summed E-state index contributed by atoms with van der Waals surface area (Å²) in [5, 5.41) is 35.7. The topological polar surface area (TPSA) is 147 Å². The molecule has 1 aliphatic rings. The zero-order chi connectivity index (χ0) is 13.4. The molecule has 0 aromatic carbocycles. The van der Waals surface area contributed by atoms with E-state index in [1.165, 1.54) is 12.4 Å². The minimum atomic E-state index is -1.37. The van der Waals surface area contributed by atoms with Gasteiger partial charge in [-0.15, -0.1) is 0 Å². The van der Waals surface area contributed by atoms with Gasteiger partial charge in [-0.1, -0.05) is 0 Å². The van der Waals surface area contributed by atoms with Crippen molar-refractivity contribution >= 4 is 0 Å². The first kappa shape index (κ1) is 12.8. The summed E-state index contributed by atoms with van der Waals surface area (Å²) in [4.78, 5) is 11.8. The van der Waals surface area contributed by atoms with Crippen LogP contribution in [-0.4, -0.2) is 49.5 Å². The van der Waals surface area contributed by atoms with Gasteiger partial charge in [-0.05, 0) is 0 Å². The molecular weight excluding hydrogens is 244 g/mol. The Kier molecular flexibility index (Phi) is 3.22. The molecule has 100 valence electrons. The second kappa shape index (κ2) is 4.53. The molecule has 4 atom stereocenters. The highest BCUT2D eigenvalue weighted by molar-refractivity contribution is 4.93. The number of nitrogens with zero attached hydrogens (tertiary/aromatic N) is 2. The van der Waals surface area contributed by atoms with Gasteiger partial charge in [0.1, 0.15) is 18.3 Å². The van der Waals surface area contributed by atoms with E-state index >= 15 is 0 Å². The van der Waals surface area contributed by atoms with E-state index in [1.54, 1.807) is 0 Å². The molecule has 1 aromatic rings. The van der Waals surface area contributed by atoms with Crippen LogP contribution in [-0.2, 0) is 4.74 Å². The molecule has 0 bridgehead atoms. The normalized spacial score (nSPS) is 31.7. The summed E-state index contributed by atoms with van der Waals surface area (Å²) in [5.74, 6) is 5.33. The number of rotatable bonds is 2. The number of hydrogen-bond donors (Lipinski definition) is 5. The number of nitrogen functional groups attached to an aromatic ring is 1. The zero-order valence-corrected chi connectivity index (χ0v) is 9.30. The summed E-state index contributed by atoms with van der Waals surface area (Å²) < 4.78 is 6.95. The van der Waals surface area contributed by atoms with Crippen molar-refractivity contribution in [1.29, 1.82) is 5.41 Å². The van der Waals surface area contributed by atoms with Gasteiger partial charge in [0.15, 0.2) is 6.23 Å². The Morgan fingerprint density at radius 2 is 2.06 bits per heavy atom. The lowest BCUT2D eigenvalue weighted by Crippen LogP contribution is -2.46. The van der Waals surface area contributed by atoms with Crippen molar-refractivity contribution in [1.82, 2.24) is 9.24 Å². The Hall–Kier alpha value is -1.68. The molecule has 2 rings (SSSR count). The van der Waals surface area contributed by atoms with Crippen LogP contribution in [0.4, 0.5) is 0 Å². The van der Waals surface area contributed by atoms with E-state index < -0.39 is 42.2 Å². The lowest BCUT2D eigenvalue weighted by atomic mass is 10.1. The number of aliphatic hydroxyl groups is 3. The second-order valence-corrected chi connectivity index (χ2v) is 4.00. The van der Waals surface area contributed by atoms with Crippen LogP contribution < -0.4 is 16.9 Å². The molecule has 0 unspecified atom stereocenters. The van der Waals surface area contributed by atoms with Crippen molar-refractivity contribution in [3.8, 4) is 0 Å². The molecule has 0 aliphatic carbocycles. The van der Waals surface area contributed by atoms with Crippen LogP contribution in [0, 0.1) is 5.41 Å². The second-order valence-electron chi connectivity index (χ2n) is 4.00. The van der Waals surface area contributed by atoms with Crippen LogP contribution in [0.5, 0.6) is 0 Å². The van der Waals surface area contributed by atoms with E-state index in [0.717, 1.165) is 9.24 Å². The Morgan fingerprint density at radius 3 is 2.61 bits per heavy atom. The summed E-state index contributed by atoms with van der Waals surface area (Å²) >= 11 is 0. The van der Waals surface area contributed by atoms with Crippen molar-refractivity contribution < 1.29 is 20.1 Å². The smallest absolute Gasteiger partial charge is 0.297 e. The maximum atomic E-state index is 11.8. The highest BCUT2D eigenvalue weighted by Crippen LogP contribution is 2.27. The molecule has 18 heavy (non-hydrogen) atoms. The third kappa shape index (κ3) is 1.82. The average Bonchev–Trinajstić information content (AvgIpc) is 2.64. The van der Waals surface area contributed by atoms with Crippen molar-refractivity contribution in [3.05, 3.63) is 28.2 Å². The predicted octanol–water partition coefficient (Wildman–Crippen LogP) is -3.55. The van der Waals surface area contributed by atoms with E-state index in [-0.39, 0.29) is 0 Å². The van der Waals surface area contributed by atoms with Crippen molar-refractivity contribution in [2.45, 2.75) is 24.5 Å². The monoisotopic (exact) mass is 258 g/mol. The molecule has 1 aromatic heterocycles. The first-order valence-corrected chi connectivity index (χ1v) is 5.23. The van der Waals surface area contributed by atoms with Gasteiger partial charge in [-0.25, -0.2) is 4.68 Å². The summed E-state index contributed by atoms with van der Waals surface area (Å²) in [6.07, 6.45) is -2.32. The Balaban J connectivity index is 2.42. The van der Waals surface area contributed by atoms with E-state index in [2.05, 4.69) is 0 Å². The largest absolute Gasteiger partial charge is 0.394 e. The molecule has 1 fully saturated rings. The highest BCUT2D eigenvalue weighted by atomic mass is 16.6. The van der Waals surface area contributed by atoms with Gasteiger partial charge in [-0.2, -0.15) is 0 Å². The minimum Gasteiger partial charge on any atom is -0.394 e. The summed E-state index contributed by atoms with van der Waals surface area (Å²) in [7, 11) is 0. The summed E-state index contributed by atoms with van der Waals surface area (Å²) in [5.41, 5.74) is -1.26. The van der Waals surface area contributed by atoms with Crippen LogP contribution >= 0.6 is 0 Å². The van der Waals surface area contributed by atoms with Gasteiger partial charge in [0, 0.05) is 12.4 Å². The molecule has 0 amide bonds. The maximum absolute atomic E-state index is 11.8. The van der Waals surface area contributed by atoms with Gasteiger partial charge in [0.2, 0.25) is 5.49 Å². The SMILES string of the molecule is N=c1c(=O)n([C@@H]2O[C@H](CO)[C@@H](O)[C@H]2O)ccn1N. The molecule has 2 heterocycles. The van der Waals surface area contributed by atoms with Gasteiger partial charge in [0.25, 0.3) is 5.56 Å². The molecule has 0 saturated carbocycles. The molecule has 6 N–H and O–H groups in total. The van der Waals surface area contributed by atoms with Crippen molar-refractivity contribution in [2.24, 2.45) is 0 Å². The minimum absolute atomic E-state index is 0.485. The van der Waals surface area contributed by atoms with Gasteiger partial charge in [-0.3, -0.25) is 14.8 Å². The highest BCUT2D eigenvalue weighted by Gasteiger charge is 2.43. The fourth-order valence-electron chi connectivity index (χ4n) is 1.83. The molecule has 0 spiro atoms. The van der Waals surface area contributed by atoms with E-state index in [9.17, 15) is 15.0 Å².